The fourth-order valence-corrected chi connectivity index (χ4v) is 3.90. The van der Waals surface area contributed by atoms with Gasteiger partial charge in [-0.25, -0.2) is 9.57 Å². The number of hydrazine groups is 1. The molecule has 0 aromatic heterocycles. The number of benzene rings is 2. The van der Waals surface area contributed by atoms with E-state index in [-0.39, 0.29) is 43.8 Å². The first-order chi connectivity index (χ1) is 17.1. The van der Waals surface area contributed by atoms with Crippen molar-refractivity contribution >= 4 is 25.5 Å². The molecular formula is C23H30N5O7P. The minimum Gasteiger partial charge on any atom is -0.491 e. The molecule has 36 heavy (non-hydrogen) atoms. The number of nitrogens with one attached hydrogen (secondary N) is 3. The van der Waals surface area contributed by atoms with Gasteiger partial charge in [0.15, 0.2) is 0 Å². The van der Waals surface area contributed by atoms with Crippen LogP contribution in [0.3, 0.4) is 0 Å². The summed E-state index contributed by atoms with van der Waals surface area (Å²) in [7, 11) is -4.59. The second-order valence-corrected chi connectivity index (χ2v) is 9.37. The summed E-state index contributed by atoms with van der Waals surface area (Å²) in [6.07, 6.45) is 2.26. The van der Waals surface area contributed by atoms with Crippen LogP contribution in [0.1, 0.15) is 44.7 Å². The lowest BCUT2D eigenvalue weighted by molar-refractivity contribution is 0.0824. The number of rotatable bonds is 12. The molecule has 13 heteroatoms. The van der Waals surface area contributed by atoms with E-state index in [1.54, 1.807) is 42.5 Å². The van der Waals surface area contributed by atoms with Gasteiger partial charge in [0.2, 0.25) is 0 Å². The van der Waals surface area contributed by atoms with Crippen molar-refractivity contribution in [1.29, 1.82) is 5.41 Å². The molecule has 2 aromatic rings. The molecule has 1 aliphatic rings. The molecule has 1 saturated heterocycles. The van der Waals surface area contributed by atoms with Gasteiger partial charge in [-0.2, -0.15) is 0 Å². The van der Waals surface area contributed by atoms with Gasteiger partial charge < -0.3 is 25.6 Å². The summed E-state index contributed by atoms with van der Waals surface area (Å²) in [6, 6.07) is 11.1. The maximum absolute atomic E-state index is 12.5. The summed E-state index contributed by atoms with van der Waals surface area (Å²) in [6.45, 7) is 1.68. The fraction of sp³-hybridized carbons (Fsp3) is 0.348. The van der Waals surface area contributed by atoms with Crippen LogP contribution in [-0.4, -0.2) is 65.3 Å². The minimum absolute atomic E-state index is 0.0930. The highest BCUT2D eigenvalue weighted by atomic mass is 31.2. The third-order valence-electron chi connectivity index (χ3n) is 5.43. The number of phosphoric ester groups is 1. The molecule has 3 rings (SSSR count). The highest BCUT2D eigenvalue weighted by molar-refractivity contribution is 7.46. The first-order valence-corrected chi connectivity index (χ1v) is 12.9. The van der Waals surface area contributed by atoms with E-state index in [4.69, 9.17) is 25.7 Å². The van der Waals surface area contributed by atoms with Crippen molar-refractivity contribution in [3.63, 3.8) is 0 Å². The van der Waals surface area contributed by atoms with Crippen molar-refractivity contribution in [2.45, 2.75) is 19.3 Å². The Labute approximate surface area is 208 Å². The summed E-state index contributed by atoms with van der Waals surface area (Å²) in [4.78, 5) is 42.5. The number of amides is 2. The molecule has 7 N–H and O–H groups in total. The van der Waals surface area contributed by atoms with Crippen LogP contribution in [0.5, 0.6) is 5.75 Å². The zero-order chi connectivity index (χ0) is 26.1. The Morgan fingerprint density at radius 3 is 2.22 bits per heavy atom. The molecule has 0 saturated carbocycles. The van der Waals surface area contributed by atoms with E-state index < -0.39 is 7.82 Å². The quantitative estimate of drug-likeness (QED) is 0.104. The van der Waals surface area contributed by atoms with Gasteiger partial charge in [0.25, 0.3) is 11.8 Å². The van der Waals surface area contributed by atoms with Gasteiger partial charge in [0.05, 0.1) is 13.2 Å². The van der Waals surface area contributed by atoms with E-state index in [9.17, 15) is 14.2 Å². The molecule has 0 spiro atoms. The second-order valence-electron chi connectivity index (χ2n) is 8.13. The standard InChI is InChI=1S/C23H30N5O7P/c24-21(25)19-8-3-16(9-13-35-36(31,32)33)20(15-19)34-14-10-26-22(29)17-4-6-18(7-5-17)23(30)27-28-11-1-2-12-28/h3-8,15H,1-2,9-14H2,(H3,24,25)(H,26,29)(H,27,30)(H2,31,32,33). The zero-order valence-corrected chi connectivity index (χ0v) is 20.5. The largest absolute Gasteiger partial charge is 0.491 e. The first-order valence-electron chi connectivity index (χ1n) is 11.4. The van der Waals surface area contributed by atoms with E-state index in [0.717, 1.165) is 25.9 Å². The predicted octanol–water partition coefficient (Wildman–Crippen LogP) is 1.17. The van der Waals surface area contributed by atoms with Crippen molar-refractivity contribution in [2.75, 3.05) is 32.8 Å². The average Bonchev–Trinajstić information content (AvgIpc) is 3.34. The van der Waals surface area contributed by atoms with E-state index >= 15 is 0 Å². The third kappa shape index (κ3) is 8.43. The molecule has 1 aliphatic heterocycles. The second kappa shape index (κ2) is 12.6. The number of nitrogens with two attached hydrogens (primary N) is 1. The van der Waals surface area contributed by atoms with E-state index in [1.165, 1.54) is 0 Å². The summed E-state index contributed by atoms with van der Waals surface area (Å²) in [5.74, 6) is -0.353. The maximum atomic E-state index is 12.5. The van der Waals surface area contributed by atoms with E-state index in [0.29, 0.717) is 28.0 Å². The molecule has 0 radical (unpaired) electrons. The molecule has 0 aliphatic carbocycles. The van der Waals surface area contributed by atoms with Crippen molar-refractivity contribution in [3.05, 3.63) is 64.7 Å². The molecule has 1 heterocycles. The van der Waals surface area contributed by atoms with Crippen molar-refractivity contribution in [3.8, 4) is 5.75 Å². The van der Waals surface area contributed by atoms with Crippen LogP contribution in [0.25, 0.3) is 0 Å². The Balaban J connectivity index is 1.50. The highest BCUT2D eigenvalue weighted by Gasteiger charge is 2.16. The van der Waals surface area contributed by atoms with Crippen LogP contribution in [0.4, 0.5) is 0 Å². The normalized spacial score (nSPS) is 13.8. The van der Waals surface area contributed by atoms with Crippen LogP contribution in [-0.2, 0) is 15.5 Å². The van der Waals surface area contributed by atoms with Gasteiger partial charge in [-0.05, 0) is 48.7 Å². The number of carbonyl (C=O) groups excluding carboxylic acids is 2. The Bertz CT molecular complexity index is 1130. The van der Waals surface area contributed by atoms with E-state index in [1.807, 2.05) is 5.01 Å². The number of ether oxygens (including phenoxy) is 1. The lowest BCUT2D eigenvalue weighted by Gasteiger charge is -2.16. The molecule has 0 bridgehead atoms. The SMILES string of the molecule is N=C(N)c1ccc(CCOP(=O)(O)O)c(OCCNC(=O)c2ccc(C(=O)NN3CCCC3)cc2)c1. The zero-order valence-electron chi connectivity index (χ0n) is 19.6. The van der Waals surface area contributed by atoms with Crippen LogP contribution in [0, 0.1) is 5.41 Å². The van der Waals surface area contributed by atoms with Crippen molar-refractivity contribution < 1.29 is 33.2 Å². The van der Waals surface area contributed by atoms with Crippen molar-refractivity contribution in [1.82, 2.24) is 15.8 Å². The maximum Gasteiger partial charge on any atom is 0.469 e. The van der Waals surface area contributed by atoms with Gasteiger partial charge in [0.1, 0.15) is 18.2 Å². The Morgan fingerprint density at radius 1 is 1.00 bits per heavy atom. The molecule has 2 amide bonds. The van der Waals surface area contributed by atoms with Crippen LogP contribution < -0.4 is 21.2 Å². The first kappa shape index (κ1) is 27.3. The monoisotopic (exact) mass is 519 g/mol. The third-order valence-corrected chi connectivity index (χ3v) is 5.95. The molecule has 194 valence electrons. The van der Waals surface area contributed by atoms with Gasteiger partial charge in [-0.15, -0.1) is 0 Å². The number of hydrogen-bond acceptors (Lipinski definition) is 7. The Hall–Kier alpha value is -3.28. The van der Waals surface area contributed by atoms with Crippen LogP contribution in [0.2, 0.25) is 0 Å². The van der Waals surface area contributed by atoms with Crippen LogP contribution in [0.15, 0.2) is 42.5 Å². The highest BCUT2D eigenvalue weighted by Crippen LogP contribution is 2.36. The lowest BCUT2D eigenvalue weighted by atomic mass is 10.1. The molecule has 0 unspecified atom stereocenters. The van der Waals surface area contributed by atoms with Crippen molar-refractivity contribution in [2.24, 2.45) is 5.73 Å². The Morgan fingerprint density at radius 2 is 1.61 bits per heavy atom. The molecule has 1 fully saturated rings. The summed E-state index contributed by atoms with van der Waals surface area (Å²) < 4.78 is 21.1. The van der Waals surface area contributed by atoms with Gasteiger partial charge in [-0.3, -0.25) is 24.9 Å². The Kier molecular flexibility index (Phi) is 9.57. The van der Waals surface area contributed by atoms with Crippen LogP contribution >= 0.6 is 7.82 Å². The van der Waals surface area contributed by atoms with Gasteiger partial charge in [0, 0.05) is 36.2 Å². The average molecular weight is 519 g/mol. The number of amidine groups is 1. The molecule has 12 nitrogen and oxygen atoms in total. The summed E-state index contributed by atoms with van der Waals surface area (Å²) in [5.41, 5.74) is 10.3. The number of nitrogen functional groups attached to an aromatic ring is 1. The number of carbonyl (C=O) groups is 2. The fourth-order valence-electron chi connectivity index (χ4n) is 3.58. The number of phosphoric acid groups is 1. The van der Waals surface area contributed by atoms with E-state index in [2.05, 4.69) is 15.3 Å². The topological polar surface area (TPSA) is 187 Å². The van der Waals surface area contributed by atoms with Gasteiger partial charge in [-0.1, -0.05) is 12.1 Å². The summed E-state index contributed by atoms with van der Waals surface area (Å²) in [5, 5.41) is 12.2. The minimum atomic E-state index is -4.59. The number of nitrogens with zero attached hydrogens (tertiary/aromatic N) is 1. The molecule has 2 aromatic carbocycles. The summed E-state index contributed by atoms with van der Waals surface area (Å²) >= 11 is 0. The lowest BCUT2D eigenvalue weighted by Crippen LogP contribution is -2.40. The smallest absolute Gasteiger partial charge is 0.469 e. The molecular weight excluding hydrogens is 489 g/mol. The van der Waals surface area contributed by atoms with Gasteiger partial charge >= 0.3 is 7.82 Å². The predicted molar refractivity (Wildman–Crippen MR) is 132 cm³/mol. The molecule has 0 atom stereocenters. The number of hydrogen-bond donors (Lipinski definition) is 6.